The van der Waals surface area contributed by atoms with Gasteiger partial charge in [0.15, 0.2) is 0 Å². The molecule has 1 amide bonds. The summed E-state index contributed by atoms with van der Waals surface area (Å²) in [4.78, 5) is 26.5. The van der Waals surface area contributed by atoms with Crippen LogP contribution < -0.4 is 4.90 Å². The molecule has 7 nitrogen and oxygen atoms in total. The van der Waals surface area contributed by atoms with E-state index >= 15 is 0 Å². The lowest BCUT2D eigenvalue weighted by molar-refractivity contribution is 0.0727. The summed E-state index contributed by atoms with van der Waals surface area (Å²) in [5, 5.41) is 7.91. The number of aromatic amines is 1. The van der Waals surface area contributed by atoms with Crippen molar-refractivity contribution in [3.63, 3.8) is 0 Å². The molecule has 1 N–H and O–H groups in total. The Hall–Kier alpha value is -2.93. The Balaban J connectivity index is 1.75. The number of nitrogens with one attached hydrogen (secondary N) is 1. The van der Waals surface area contributed by atoms with Crippen LogP contribution in [-0.4, -0.2) is 51.6 Å². The van der Waals surface area contributed by atoms with Crippen LogP contribution >= 0.6 is 11.6 Å². The lowest BCUT2D eigenvalue weighted by Crippen LogP contribution is -2.32. The highest BCUT2D eigenvalue weighted by molar-refractivity contribution is 6.30. The van der Waals surface area contributed by atoms with Gasteiger partial charge < -0.3 is 9.80 Å². The van der Waals surface area contributed by atoms with Gasteiger partial charge in [-0.05, 0) is 42.5 Å². The third kappa shape index (κ3) is 4.28. The number of nitrogens with zero attached hydrogens (tertiary/aromatic N) is 5. The van der Waals surface area contributed by atoms with Gasteiger partial charge in [0.25, 0.3) is 5.91 Å². The van der Waals surface area contributed by atoms with Gasteiger partial charge in [-0.25, -0.2) is 9.97 Å². The van der Waals surface area contributed by atoms with Crippen LogP contribution in [0.4, 0.5) is 5.95 Å². The lowest BCUT2D eigenvalue weighted by atomic mass is 9.99. The number of hydrogen-bond acceptors (Lipinski definition) is 5. The molecule has 0 spiro atoms. The minimum atomic E-state index is -0.151. The van der Waals surface area contributed by atoms with Crippen LogP contribution in [0.1, 0.15) is 60.5 Å². The predicted molar refractivity (Wildman–Crippen MR) is 122 cm³/mol. The van der Waals surface area contributed by atoms with E-state index in [4.69, 9.17) is 16.6 Å². The van der Waals surface area contributed by atoms with Gasteiger partial charge in [0, 0.05) is 43.1 Å². The molecule has 8 heteroatoms. The second-order valence-corrected chi connectivity index (χ2v) is 8.83. The van der Waals surface area contributed by atoms with Gasteiger partial charge in [-0.3, -0.25) is 9.89 Å². The van der Waals surface area contributed by atoms with Crippen molar-refractivity contribution in [2.45, 2.75) is 38.6 Å². The van der Waals surface area contributed by atoms with Crippen LogP contribution in [0.25, 0.3) is 11.1 Å². The summed E-state index contributed by atoms with van der Waals surface area (Å²) in [5.41, 5.74) is 4.07. The largest absolute Gasteiger partial charge is 0.347 e. The number of aromatic nitrogens is 4. The summed E-state index contributed by atoms with van der Waals surface area (Å²) in [7, 11) is 3.82. The third-order valence-electron chi connectivity index (χ3n) is 5.61. The Bertz CT molecular complexity index is 1090. The zero-order valence-electron chi connectivity index (χ0n) is 18.3. The fraction of sp³-hybridized carbons (Fsp3) is 0.391. The molecule has 3 aromatic rings. The number of amides is 1. The predicted octanol–water partition coefficient (Wildman–Crippen LogP) is 4.69. The van der Waals surface area contributed by atoms with Crippen molar-refractivity contribution in [1.29, 1.82) is 0 Å². The minimum Gasteiger partial charge on any atom is -0.347 e. The first-order valence-electron chi connectivity index (χ1n) is 10.5. The molecule has 3 heterocycles. The zero-order chi connectivity index (χ0) is 22.1. The van der Waals surface area contributed by atoms with Crippen molar-refractivity contribution < 1.29 is 4.79 Å². The van der Waals surface area contributed by atoms with Gasteiger partial charge >= 0.3 is 0 Å². The second-order valence-electron chi connectivity index (χ2n) is 8.39. The van der Waals surface area contributed by atoms with E-state index in [0.717, 1.165) is 35.4 Å². The molecule has 4 rings (SSSR count). The molecule has 0 radical (unpaired) electrons. The number of hydrogen-bond donors (Lipinski definition) is 1. The second kappa shape index (κ2) is 8.67. The minimum absolute atomic E-state index is 0.0762. The fourth-order valence-corrected chi connectivity index (χ4v) is 4.11. The number of anilines is 1. The number of benzene rings is 1. The van der Waals surface area contributed by atoms with Crippen LogP contribution in [0.15, 0.2) is 36.5 Å². The Morgan fingerprint density at radius 3 is 2.77 bits per heavy atom. The number of rotatable bonds is 5. The first-order valence-corrected chi connectivity index (χ1v) is 10.9. The highest BCUT2D eigenvalue weighted by Crippen LogP contribution is 2.38. The van der Waals surface area contributed by atoms with Crippen molar-refractivity contribution in [3.05, 3.63) is 58.6 Å². The topological polar surface area (TPSA) is 78.0 Å². The van der Waals surface area contributed by atoms with Crippen LogP contribution in [0.2, 0.25) is 5.02 Å². The first kappa shape index (κ1) is 21.3. The van der Waals surface area contributed by atoms with E-state index < -0.39 is 0 Å². The summed E-state index contributed by atoms with van der Waals surface area (Å²) >= 11 is 6.25. The molecule has 1 aliphatic heterocycles. The molecule has 1 unspecified atom stereocenters. The molecule has 0 bridgehead atoms. The van der Waals surface area contributed by atoms with Gasteiger partial charge in [-0.2, -0.15) is 5.10 Å². The number of likely N-dealkylation sites (tertiary alicyclic amines) is 1. The summed E-state index contributed by atoms with van der Waals surface area (Å²) in [5.74, 6) is 0.817. The molecule has 31 heavy (non-hydrogen) atoms. The summed E-state index contributed by atoms with van der Waals surface area (Å²) in [6.07, 6.45) is 3.58. The Labute approximate surface area is 187 Å². The summed E-state index contributed by atoms with van der Waals surface area (Å²) < 4.78 is 0. The summed E-state index contributed by atoms with van der Waals surface area (Å²) in [6.45, 7) is 4.81. The number of carbonyl (C=O) groups excluding carboxylic acids is 1. The maximum absolute atomic E-state index is 13.4. The molecule has 0 saturated carbocycles. The third-order valence-corrected chi connectivity index (χ3v) is 5.84. The molecule has 1 fully saturated rings. The van der Waals surface area contributed by atoms with Crippen LogP contribution in [0.3, 0.4) is 0 Å². The molecule has 2 aromatic heterocycles. The highest BCUT2D eigenvalue weighted by atomic mass is 35.5. The van der Waals surface area contributed by atoms with Crippen LogP contribution in [0.5, 0.6) is 0 Å². The molecule has 0 aliphatic carbocycles. The number of halogens is 1. The highest BCUT2D eigenvalue weighted by Gasteiger charge is 2.35. The average Bonchev–Trinajstić information content (AvgIpc) is 3.43. The number of H-pyrrole nitrogens is 1. The normalized spacial score (nSPS) is 16.2. The summed E-state index contributed by atoms with van der Waals surface area (Å²) in [6, 6.07) is 9.36. The van der Waals surface area contributed by atoms with E-state index in [1.54, 1.807) is 0 Å². The SMILES string of the molecule is CC(C)c1cc(C(=O)N2CCCC2c2nc(N(C)C)ncc2-c2cccc(Cl)c2)n[nH]1. The van der Waals surface area contributed by atoms with Gasteiger partial charge in [0.05, 0.1) is 11.7 Å². The standard InChI is InChI=1S/C23H27ClN6O/c1-14(2)18-12-19(28-27-18)22(31)30-10-6-9-20(30)21-17(13-25-23(26-21)29(3)4)15-7-5-8-16(24)11-15/h5,7-8,11-14,20H,6,9-10H2,1-4H3,(H,27,28). The van der Waals surface area contributed by atoms with Gasteiger partial charge in [-0.1, -0.05) is 37.6 Å². The molecule has 1 saturated heterocycles. The molecular weight excluding hydrogens is 412 g/mol. The van der Waals surface area contributed by atoms with E-state index in [-0.39, 0.29) is 17.9 Å². The fourth-order valence-electron chi connectivity index (χ4n) is 3.92. The molecule has 1 aliphatic rings. The van der Waals surface area contributed by atoms with Crippen molar-refractivity contribution in [2.24, 2.45) is 0 Å². The smallest absolute Gasteiger partial charge is 0.274 e. The molecule has 1 atom stereocenters. The quantitative estimate of drug-likeness (QED) is 0.625. The van der Waals surface area contributed by atoms with E-state index in [2.05, 4.69) is 29.0 Å². The van der Waals surface area contributed by atoms with E-state index in [0.29, 0.717) is 23.2 Å². The van der Waals surface area contributed by atoms with Gasteiger partial charge in [0.1, 0.15) is 5.69 Å². The Morgan fingerprint density at radius 1 is 1.29 bits per heavy atom. The van der Waals surface area contributed by atoms with Crippen molar-refractivity contribution >= 4 is 23.5 Å². The van der Waals surface area contributed by atoms with Crippen LogP contribution in [0, 0.1) is 0 Å². The van der Waals surface area contributed by atoms with Crippen molar-refractivity contribution in [3.8, 4) is 11.1 Å². The molecule has 1 aromatic carbocycles. The van der Waals surface area contributed by atoms with E-state index in [1.165, 1.54) is 0 Å². The number of carbonyl (C=O) groups is 1. The van der Waals surface area contributed by atoms with Crippen molar-refractivity contribution in [1.82, 2.24) is 25.1 Å². The lowest BCUT2D eigenvalue weighted by Gasteiger charge is -2.26. The monoisotopic (exact) mass is 438 g/mol. The Kier molecular flexibility index (Phi) is 5.96. The van der Waals surface area contributed by atoms with Gasteiger partial charge in [-0.15, -0.1) is 0 Å². The Morgan fingerprint density at radius 2 is 2.10 bits per heavy atom. The first-order chi connectivity index (χ1) is 14.8. The van der Waals surface area contributed by atoms with Crippen LogP contribution in [-0.2, 0) is 0 Å². The van der Waals surface area contributed by atoms with E-state index in [9.17, 15) is 4.79 Å². The van der Waals surface area contributed by atoms with Crippen molar-refractivity contribution in [2.75, 3.05) is 25.5 Å². The van der Waals surface area contributed by atoms with Gasteiger partial charge in [0.2, 0.25) is 5.95 Å². The molecule has 162 valence electrons. The molecular formula is C23H27ClN6O. The van der Waals surface area contributed by atoms with E-state index in [1.807, 2.05) is 60.4 Å². The zero-order valence-corrected chi connectivity index (χ0v) is 19.0. The maximum Gasteiger partial charge on any atom is 0.274 e. The maximum atomic E-state index is 13.4. The average molecular weight is 439 g/mol.